The summed E-state index contributed by atoms with van der Waals surface area (Å²) in [6.45, 7) is 8.91. The smallest absolute Gasteiger partial charge is 0.0625 e. The predicted octanol–water partition coefficient (Wildman–Crippen LogP) is 1.59. The van der Waals surface area contributed by atoms with E-state index in [0.717, 1.165) is 45.8 Å². The minimum Gasteiger partial charge on any atom is -0.381 e. The van der Waals surface area contributed by atoms with Crippen LogP contribution in [-0.4, -0.2) is 51.2 Å². The Labute approximate surface area is 110 Å². The van der Waals surface area contributed by atoms with Crippen LogP contribution in [-0.2, 0) is 14.2 Å². The van der Waals surface area contributed by atoms with Gasteiger partial charge in [0.2, 0.25) is 0 Å². The molecule has 2 heterocycles. The van der Waals surface area contributed by atoms with Crippen LogP contribution in [0.2, 0.25) is 0 Å². The molecule has 0 aliphatic carbocycles. The standard InChI is InChI=1S/C14H27NO3/c1-11-7-14(8-12(2)18-11)17-6-4-15-9-13-3-5-16-10-13/h11-15H,3-10H2,1-2H3. The second-order valence-corrected chi connectivity index (χ2v) is 5.66. The van der Waals surface area contributed by atoms with Crippen molar-refractivity contribution in [2.45, 2.75) is 51.4 Å². The summed E-state index contributed by atoms with van der Waals surface area (Å²) in [6, 6.07) is 0. The second kappa shape index (κ2) is 7.43. The van der Waals surface area contributed by atoms with Crippen molar-refractivity contribution in [3.63, 3.8) is 0 Å². The monoisotopic (exact) mass is 257 g/mol. The molecule has 0 amide bonds. The van der Waals surface area contributed by atoms with Crippen LogP contribution in [0, 0.1) is 5.92 Å². The van der Waals surface area contributed by atoms with Gasteiger partial charge in [-0.3, -0.25) is 0 Å². The summed E-state index contributed by atoms with van der Waals surface area (Å²) >= 11 is 0. The Morgan fingerprint density at radius 1 is 1.22 bits per heavy atom. The molecule has 4 heteroatoms. The van der Waals surface area contributed by atoms with Gasteiger partial charge in [0.25, 0.3) is 0 Å². The maximum atomic E-state index is 5.91. The first-order chi connectivity index (χ1) is 8.74. The number of nitrogens with one attached hydrogen (secondary N) is 1. The molecular formula is C14H27NO3. The molecule has 1 N–H and O–H groups in total. The molecule has 2 fully saturated rings. The highest BCUT2D eigenvalue weighted by Gasteiger charge is 2.24. The first-order valence-electron chi connectivity index (χ1n) is 7.29. The van der Waals surface area contributed by atoms with E-state index in [0.29, 0.717) is 24.2 Å². The van der Waals surface area contributed by atoms with Crippen LogP contribution < -0.4 is 5.32 Å². The molecule has 0 saturated carbocycles. The lowest BCUT2D eigenvalue weighted by atomic mass is 10.0. The largest absolute Gasteiger partial charge is 0.381 e. The number of ether oxygens (including phenoxy) is 3. The number of rotatable bonds is 6. The summed E-state index contributed by atoms with van der Waals surface area (Å²) in [4.78, 5) is 0. The van der Waals surface area contributed by atoms with Crippen molar-refractivity contribution in [1.29, 1.82) is 0 Å². The molecule has 0 aromatic carbocycles. The lowest BCUT2D eigenvalue weighted by Crippen LogP contribution is -2.35. The zero-order valence-electron chi connectivity index (χ0n) is 11.7. The van der Waals surface area contributed by atoms with Crippen LogP contribution in [0.15, 0.2) is 0 Å². The molecule has 2 rings (SSSR count). The van der Waals surface area contributed by atoms with E-state index in [2.05, 4.69) is 19.2 Å². The lowest BCUT2D eigenvalue weighted by Gasteiger charge is -2.32. The Kier molecular flexibility index (Phi) is 5.89. The van der Waals surface area contributed by atoms with Gasteiger partial charge in [0, 0.05) is 19.7 Å². The first-order valence-corrected chi connectivity index (χ1v) is 7.29. The SMILES string of the molecule is CC1CC(OCCNCC2CCOC2)CC(C)O1. The summed E-state index contributed by atoms with van der Waals surface area (Å²) in [5.74, 6) is 0.702. The van der Waals surface area contributed by atoms with Crippen LogP contribution in [0.3, 0.4) is 0 Å². The maximum Gasteiger partial charge on any atom is 0.0625 e. The van der Waals surface area contributed by atoms with Gasteiger partial charge in [0.1, 0.15) is 0 Å². The van der Waals surface area contributed by atoms with Crippen molar-refractivity contribution in [3.05, 3.63) is 0 Å². The van der Waals surface area contributed by atoms with Crippen LogP contribution in [0.5, 0.6) is 0 Å². The van der Waals surface area contributed by atoms with Crippen molar-refractivity contribution >= 4 is 0 Å². The molecule has 0 spiro atoms. The normalized spacial score (nSPS) is 37.0. The van der Waals surface area contributed by atoms with Crippen LogP contribution in [0.4, 0.5) is 0 Å². The van der Waals surface area contributed by atoms with Gasteiger partial charge in [-0.1, -0.05) is 0 Å². The van der Waals surface area contributed by atoms with Crippen LogP contribution in [0.1, 0.15) is 33.1 Å². The van der Waals surface area contributed by atoms with Gasteiger partial charge in [-0.2, -0.15) is 0 Å². The van der Waals surface area contributed by atoms with E-state index in [1.807, 2.05) is 0 Å². The minimum absolute atomic E-state index is 0.336. The third-order valence-electron chi connectivity index (χ3n) is 3.74. The fourth-order valence-electron chi connectivity index (χ4n) is 2.83. The lowest BCUT2D eigenvalue weighted by molar-refractivity contribution is -0.101. The van der Waals surface area contributed by atoms with E-state index in [-0.39, 0.29) is 0 Å². The fourth-order valence-corrected chi connectivity index (χ4v) is 2.83. The molecule has 2 aliphatic rings. The van der Waals surface area contributed by atoms with Crippen molar-refractivity contribution in [3.8, 4) is 0 Å². The molecule has 0 aromatic rings. The van der Waals surface area contributed by atoms with Gasteiger partial charge in [-0.25, -0.2) is 0 Å². The Bertz CT molecular complexity index is 221. The minimum atomic E-state index is 0.336. The van der Waals surface area contributed by atoms with E-state index >= 15 is 0 Å². The van der Waals surface area contributed by atoms with Crippen molar-refractivity contribution < 1.29 is 14.2 Å². The topological polar surface area (TPSA) is 39.7 Å². The Morgan fingerprint density at radius 2 is 2.00 bits per heavy atom. The predicted molar refractivity (Wildman–Crippen MR) is 70.8 cm³/mol. The Morgan fingerprint density at radius 3 is 2.67 bits per heavy atom. The fraction of sp³-hybridized carbons (Fsp3) is 1.00. The molecule has 4 nitrogen and oxygen atoms in total. The second-order valence-electron chi connectivity index (χ2n) is 5.66. The van der Waals surface area contributed by atoms with Crippen LogP contribution in [0.25, 0.3) is 0 Å². The van der Waals surface area contributed by atoms with E-state index in [1.165, 1.54) is 6.42 Å². The van der Waals surface area contributed by atoms with Gasteiger partial charge in [0.05, 0.1) is 31.5 Å². The number of hydrogen-bond donors (Lipinski definition) is 1. The molecule has 18 heavy (non-hydrogen) atoms. The highest BCUT2D eigenvalue weighted by atomic mass is 16.5. The molecule has 0 bridgehead atoms. The highest BCUT2D eigenvalue weighted by Crippen LogP contribution is 2.21. The van der Waals surface area contributed by atoms with Gasteiger partial charge >= 0.3 is 0 Å². The van der Waals surface area contributed by atoms with Gasteiger partial charge < -0.3 is 19.5 Å². The zero-order valence-corrected chi connectivity index (χ0v) is 11.7. The maximum absolute atomic E-state index is 5.91. The summed E-state index contributed by atoms with van der Waals surface area (Å²) in [7, 11) is 0. The summed E-state index contributed by atoms with van der Waals surface area (Å²) < 4.78 is 17.0. The zero-order chi connectivity index (χ0) is 12.8. The van der Waals surface area contributed by atoms with Crippen molar-refractivity contribution in [1.82, 2.24) is 5.32 Å². The Hall–Kier alpha value is -0.160. The number of hydrogen-bond acceptors (Lipinski definition) is 4. The van der Waals surface area contributed by atoms with Gasteiger partial charge in [-0.05, 0) is 39.0 Å². The molecule has 3 atom stereocenters. The first kappa shape index (κ1) is 14.3. The van der Waals surface area contributed by atoms with Crippen molar-refractivity contribution in [2.24, 2.45) is 5.92 Å². The molecule has 106 valence electrons. The molecule has 0 radical (unpaired) electrons. The van der Waals surface area contributed by atoms with E-state index in [1.54, 1.807) is 0 Å². The average molecular weight is 257 g/mol. The third-order valence-corrected chi connectivity index (χ3v) is 3.74. The molecule has 0 aromatic heterocycles. The van der Waals surface area contributed by atoms with Gasteiger partial charge in [0.15, 0.2) is 0 Å². The molecule has 2 aliphatic heterocycles. The molecular weight excluding hydrogens is 230 g/mol. The molecule has 3 unspecified atom stereocenters. The average Bonchev–Trinajstić information content (AvgIpc) is 2.80. The van der Waals surface area contributed by atoms with Gasteiger partial charge in [-0.15, -0.1) is 0 Å². The van der Waals surface area contributed by atoms with Crippen LogP contribution >= 0.6 is 0 Å². The quantitative estimate of drug-likeness (QED) is 0.734. The van der Waals surface area contributed by atoms with E-state index < -0.39 is 0 Å². The Balaban J connectivity index is 1.49. The van der Waals surface area contributed by atoms with E-state index in [4.69, 9.17) is 14.2 Å². The molecule has 2 saturated heterocycles. The summed E-state index contributed by atoms with van der Waals surface area (Å²) in [5, 5.41) is 3.45. The highest BCUT2D eigenvalue weighted by molar-refractivity contribution is 4.74. The summed E-state index contributed by atoms with van der Waals surface area (Å²) in [6.07, 6.45) is 4.30. The van der Waals surface area contributed by atoms with E-state index in [9.17, 15) is 0 Å². The van der Waals surface area contributed by atoms with Crippen molar-refractivity contribution in [2.75, 3.05) is 32.9 Å². The summed E-state index contributed by atoms with van der Waals surface area (Å²) in [5.41, 5.74) is 0. The third kappa shape index (κ3) is 4.84.